The number of amides is 1. The first-order valence-corrected chi connectivity index (χ1v) is 6.14. The molecule has 3 N–H and O–H groups in total. The number of nitrogens with one attached hydrogen (secondary N) is 1. The van der Waals surface area contributed by atoms with Crippen LogP contribution in [0, 0.1) is 5.41 Å². The van der Waals surface area contributed by atoms with Crippen LogP contribution in [0.3, 0.4) is 0 Å². The summed E-state index contributed by atoms with van der Waals surface area (Å²) in [6, 6.07) is 6.74. The lowest BCUT2D eigenvalue weighted by Crippen LogP contribution is -2.45. The lowest BCUT2D eigenvalue weighted by molar-refractivity contribution is -0.119. The van der Waals surface area contributed by atoms with E-state index in [4.69, 9.17) is 10.5 Å². The first kappa shape index (κ1) is 14.5. The highest BCUT2D eigenvalue weighted by atomic mass is 16.5. The standard InChI is InChI=1S/C14H22N2O2/c1-5-18-11-8-6-7-10(9-11)16-13(17)12(15)14(2,3)4/h6-9,12H,5,15H2,1-4H3,(H,16,17)/t12-/m1/s1. The minimum atomic E-state index is -0.548. The molecule has 1 rings (SSSR count). The van der Waals surface area contributed by atoms with Crippen LogP contribution in [0.25, 0.3) is 0 Å². The predicted octanol–water partition coefficient (Wildman–Crippen LogP) is 2.40. The summed E-state index contributed by atoms with van der Waals surface area (Å²) in [6.45, 7) is 8.33. The highest BCUT2D eigenvalue weighted by molar-refractivity contribution is 5.95. The molecule has 0 aliphatic heterocycles. The van der Waals surface area contributed by atoms with Crippen molar-refractivity contribution in [3.8, 4) is 5.75 Å². The second-order valence-electron chi connectivity index (χ2n) is 5.29. The van der Waals surface area contributed by atoms with Gasteiger partial charge in [0.25, 0.3) is 0 Å². The summed E-state index contributed by atoms with van der Waals surface area (Å²) < 4.78 is 5.37. The molecular weight excluding hydrogens is 228 g/mol. The van der Waals surface area contributed by atoms with Gasteiger partial charge in [0.05, 0.1) is 12.6 Å². The summed E-state index contributed by atoms with van der Waals surface area (Å²) in [6.07, 6.45) is 0. The van der Waals surface area contributed by atoms with Gasteiger partial charge >= 0.3 is 0 Å². The Morgan fingerprint density at radius 1 is 1.44 bits per heavy atom. The van der Waals surface area contributed by atoms with Crippen molar-refractivity contribution in [1.29, 1.82) is 0 Å². The third-order valence-corrected chi connectivity index (χ3v) is 2.63. The van der Waals surface area contributed by atoms with Gasteiger partial charge in [0.15, 0.2) is 0 Å². The molecule has 0 aliphatic rings. The Kier molecular flexibility index (Phi) is 4.73. The number of nitrogens with two attached hydrogens (primary N) is 1. The van der Waals surface area contributed by atoms with Crippen LogP contribution in [0.15, 0.2) is 24.3 Å². The van der Waals surface area contributed by atoms with Crippen LogP contribution < -0.4 is 15.8 Å². The summed E-state index contributed by atoms with van der Waals surface area (Å²) >= 11 is 0. The molecule has 1 amide bonds. The van der Waals surface area contributed by atoms with E-state index in [-0.39, 0.29) is 11.3 Å². The summed E-state index contributed by atoms with van der Waals surface area (Å²) in [5, 5.41) is 2.80. The molecule has 0 unspecified atom stereocenters. The minimum absolute atomic E-state index is 0.184. The number of hydrogen-bond donors (Lipinski definition) is 2. The van der Waals surface area contributed by atoms with Crippen molar-refractivity contribution in [2.24, 2.45) is 11.1 Å². The van der Waals surface area contributed by atoms with E-state index in [2.05, 4.69) is 5.32 Å². The maximum Gasteiger partial charge on any atom is 0.241 e. The van der Waals surface area contributed by atoms with Gasteiger partial charge < -0.3 is 15.8 Å². The molecule has 1 aromatic carbocycles. The molecule has 1 aromatic rings. The van der Waals surface area contributed by atoms with Crippen molar-refractivity contribution in [3.05, 3.63) is 24.3 Å². The smallest absolute Gasteiger partial charge is 0.241 e. The Bertz CT molecular complexity index is 411. The lowest BCUT2D eigenvalue weighted by atomic mass is 9.87. The molecule has 0 heterocycles. The molecule has 0 spiro atoms. The Balaban J connectivity index is 2.73. The van der Waals surface area contributed by atoms with Gasteiger partial charge in [-0.15, -0.1) is 0 Å². The number of carbonyl (C=O) groups excluding carboxylic acids is 1. The van der Waals surface area contributed by atoms with Crippen molar-refractivity contribution in [1.82, 2.24) is 0 Å². The van der Waals surface area contributed by atoms with Crippen molar-refractivity contribution in [2.45, 2.75) is 33.7 Å². The molecule has 4 heteroatoms. The molecule has 1 atom stereocenters. The molecule has 0 saturated heterocycles. The molecule has 0 aliphatic carbocycles. The normalized spacial score (nSPS) is 12.9. The Morgan fingerprint density at radius 3 is 2.67 bits per heavy atom. The Hall–Kier alpha value is -1.55. The first-order valence-electron chi connectivity index (χ1n) is 6.14. The number of anilines is 1. The van der Waals surface area contributed by atoms with E-state index < -0.39 is 6.04 Å². The number of hydrogen-bond acceptors (Lipinski definition) is 3. The summed E-state index contributed by atoms with van der Waals surface area (Å²) in [7, 11) is 0. The fraction of sp³-hybridized carbons (Fsp3) is 0.500. The van der Waals surface area contributed by atoms with Crippen LogP contribution in [0.4, 0.5) is 5.69 Å². The zero-order valence-electron chi connectivity index (χ0n) is 11.5. The van der Waals surface area contributed by atoms with E-state index in [1.54, 1.807) is 6.07 Å². The summed E-state index contributed by atoms with van der Waals surface area (Å²) in [5.41, 5.74) is 6.33. The first-order chi connectivity index (χ1) is 8.34. The quantitative estimate of drug-likeness (QED) is 0.862. The summed E-state index contributed by atoms with van der Waals surface area (Å²) in [5.74, 6) is 0.552. The number of benzene rings is 1. The van der Waals surface area contributed by atoms with E-state index in [1.165, 1.54) is 0 Å². The third-order valence-electron chi connectivity index (χ3n) is 2.63. The van der Waals surface area contributed by atoms with Gasteiger partial charge in [0, 0.05) is 11.8 Å². The average Bonchev–Trinajstić information content (AvgIpc) is 2.27. The molecule has 0 fully saturated rings. The molecular formula is C14H22N2O2. The van der Waals surface area contributed by atoms with Gasteiger partial charge in [0.1, 0.15) is 5.75 Å². The molecule has 0 bridgehead atoms. The van der Waals surface area contributed by atoms with Crippen LogP contribution in [0.5, 0.6) is 5.75 Å². The zero-order valence-corrected chi connectivity index (χ0v) is 11.5. The van der Waals surface area contributed by atoms with E-state index in [9.17, 15) is 4.79 Å². The Morgan fingerprint density at radius 2 is 2.11 bits per heavy atom. The van der Waals surface area contributed by atoms with Crippen LogP contribution in [-0.2, 0) is 4.79 Å². The van der Waals surface area contributed by atoms with Gasteiger partial charge in [-0.3, -0.25) is 4.79 Å². The van der Waals surface area contributed by atoms with E-state index >= 15 is 0 Å². The van der Waals surface area contributed by atoms with E-state index in [0.29, 0.717) is 12.3 Å². The highest BCUT2D eigenvalue weighted by Gasteiger charge is 2.27. The van der Waals surface area contributed by atoms with Crippen LogP contribution >= 0.6 is 0 Å². The molecule has 18 heavy (non-hydrogen) atoms. The van der Waals surface area contributed by atoms with Gasteiger partial charge in [-0.2, -0.15) is 0 Å². The van der Waals surface area contributed by atoms with Crippen molar-refractivity contribution < 1.29 is 9.53 Å². The average molecular weight is 250 g/mol. The predicted molar refractivity (Wildman–Crippen MR) is 73.7 cm³/mol. The third kappa shape index (κ3) is 4.04. The van der Waals surface area contributed by atoms with Crippen molar-refractivity contribution in [3.63, 3.8) is 0 Å². The molecule has 0 aromatic heterocycles. The maximum atomic E-state index is 12.0. The monoisotopic (exact) mass is 250 g/mol. The second-order valence-corrected chi connectivity index (χ2v) is 5.29. The highest BCUT2D eigenvalue weighted by Crippen LogP contribution is 2.21. The van der Waals surface area contributed by atoms with Crippen LogP contribution in [-0.4, -0.2) is 18.6 Å². The molecule has 4 nitrogen and oxygen atoms in total. The van der Waals surface area contributed by atoms with Crippen LogP contribution in [0.2, 0.25) is 0 Å². The largest absolute Gasteiger partial charge is 0.494 e. The lowest BCUT2D eigenvalue weighted by Gasteiger charge is -2.25. The van der Waals surface area contributed by atoms with Gasteiger partial charge in [-0.25, -0.2) is 0 Å². The van der Waals surface area contributed by atoms with E-state index in [1.807, 2.05) is 45.9 Å². The fourth-order valence-corrected chi connectivity index (χ4v) is 1.44. The Labute approximate surface area is 109 Å². The summed E-state index contributed by atoms with van der Waals surface area (Å²) in [4.78, 5) is 12.0. The van der Waals surface area contributed by atoms with Gasteiger partial charge in [-0.1, -0.05) is 26.8 Å². The molecule has 0 saturated carbocycles. The molecule has 100 valence electrons. The minimum Gasteiger partial charge on any atom is -0.494 e. The number of rotatable bonds is 4. The van der Waals surface area contributed by atoms with Crippen LogP contribution in [0.1, 0.15) is 27.7 Å². The fourth-order valence-electron chi connectivity index (χ4n) is 1.44. The zero-order chi connectivity index (χ0) is 13.8. The van der Waals surface area contributed by atoms with E-state index in [0.717, 1.165) is 5.75 Å². The number of ether oxygens (including phenoxy) is 1. The number of carbonyl (C=O) groups is 1. The molecule has 0 radical (unpaired) electrons. The SMILES string of the molecule is CCOc1cccc(NC(=O)[C@@H](N)C(C)(C)C)c1. The van der Waals surface area contributed by atoms with Crippen molar-refractivity contribution >= 4 is 11.6 Å². The second kappa shape index (κ2) is 5.87. The van der Waals surface area contributed by atoms with Crippen molar-refractivity contribution in [2.75, 3.05) is 11.9 Å². The maximum absolute atomic E-state index is 12.0. The van der Waals surface area contributed by atoms with Gasteiger partial charge in [0.2, 0.25) is 5.91 Å². The van der Waals surface area contributed by atoms with Gasteiger partial charge in [-0.05, 0) is 24.5 Å². The topological polar surface area (TPSA) is 64.3 Å².